The maximum absolute atomic E-state index is 12.0. The number of anilines is 2. The van der Waals surface area contributed by atoms with Gasteiger partial charge in [0, 0.05) is 24.5 Å². The van der Waals surface area contributed by atoms with Crippen molar-refractivity contribution in [1.82, 2.24) is 4.90 Å². The molecular formula is C15H23N3O2. The Bertz CT molecular complexity index is 490. The molecule has 1 amide bonds. The van der Waals surface area contributed by atoms with Gasteiger partial charge in [-0.2, -0.15) is 0 Å². The zero-order valence-electron chi connectivity index (χ0n) is 12.1. The van der Waals surface area contributed by atoms with Gasteiger partial charge in [-0.15, -0.1) is 0 Å². The van der Waals surface area contributed by atoms with E-state index >= 15 is 0 Å². The molecule has 1 aliphatic rings. The van der Waals surface area contributed by atoms with Gasteiger partial charge in [-0.3, -0.25) is 9.69 Å². The van der Waals surface area contributed by atoms with Gasteiger partial charge in [-0.1, -0.05) is 6.07 Å². The fourth-order valence-electron chi connectivity index (χ4n) is 2.36. The highest BCUT2D eigenvalue weighted by Gasteiger charge is 2.28. The van der Waals surface area contributed by atoms with E-state index in [4.69, 9.17) is 5.73 Å². The van der Waals surface area contributed by atoms with Crippen molar-refractivity contribution in [2.45, 2.75) is 32.3 Å². The Hall–Kier alpha value is -1.59. The molecule has 1 aliphatic heterocycles. The van der Waals surface area contributed by atoms with Crippen LogP contribution in [0.3, 0.4) is 0 Å². The van der Waals surface area contributed by atoms with Crippen molar-refractivity contribution in [3.63, 3.8) is 0 Å². The molecule has 1 aromatic carbocycles. The van der Waals surface area contributed by atoms with E-state index in [-0.39, 0.29) is 5.91 Å². The molecular weight excluding hydrogens is 254 g/mol. The summed E-state index contributed by atoms with van der Waals surface area (Å²) >= 11 is 0. The normalized spacial score (nSPS) is 18.8. The minimum absolute atomic E-state index is 0.0414. The van der Waals surface area contributed by atoms with E-state index in [0.29, 0.717) is 25.1 Å². The first-order chi connectivity index (χ1) is 9.35. The molecule has 1 saturated heterocycles. The van der Waals surface area contributed by atoms with E-state index < -0.39 is 5.60 Å². The number of benzene rings is 1. The van der Waals surface area contributed by atoms with Crippen molar-refractivity contribution < 1.29 is 9.90 Å². The summed E-state index contributed by atoms with van der Waals surface area (Å²) in [5.74, 6) is -0.0414. The van der Waals surface area contributed by atoms with Crippen LogP contribution in [0.1, 0.15) is 25.3 Å². The number of amides is 1. The number of carbonyl (C=O) groups excluding carboxylic acids is 1. The summed E-state index contributed by atoms with van der Waals surface area (Å²) in [6.07, 6.45) is 1.41. The van der Waals surface area contributed by atoms with Gasteiger partial charge in [0.25, 0.3) is 0 Å². The summed E-state index contributed by atoms with van der Waals surface area (Å²) in [6.45, 7) is 5.63. The number of hydrogen-bond donors (Lipinski definition) is 3. The maximum atomic E-state index is 12.0. The Morgan fingerprint density at radius 1 is 1.45 bits per heavy atom. The van der Waals surface area contributed by atoms with E-state index in [1.54, 1.807) is 6.07 Å². The second kappa shape index (κ2) is 5.81. The average molecular weight is 277 g/mol. The number of likely N-dealkylation sites (tertiary alicyclic amines) is 1. The molecule has 20 heavy (non-hydrogen) atoms. The van der Waals surface area contributed by atoms with Gasteiger partial charge >= 0.3 is 0 Å². The van der Waals surface area contributed by atoms with Crippen LogP contribution in [0.5, 0.6) is 0 Å². The van der Waals surface area contributed by atoms with E-state index in [1.165, 1.54) is 0 Å². The molecule has 1 fully saturated rings. The first kappa shape index (κ1) is 14.8. The Morgan fingerprint density at radius 3 is 2.75 bits per heavy atom. The van der Waals surface area contributed by atoms with Crippen LogP contribution in [-0.4, -0.2) is 41.1 Å². The summed E-state index contributed by atoms with van der Waals surface area (Å²) in [4.78, 5) is 14.1. The van der Waals surface area contributed by atoms with Crippen molar-refractivity contribution in [2.24, 2.45) is 0 Å². The van der Waals surface area contributed by atoms with Crippen LogP contribution in [0.25, 0.3) is 0 Å². The van der Waals surface area contributed by atoms with E-state index in [1.807, 2.05) is 26.0 Å². The number of aliphatic hydroxyl groups is 1. The molecule has 0 aromatic heterocycles. The SMILES string of the molecule is Cc1ccc(N)cc1NC(=O)CN1CCC(C)(O)CC1. The summed E-state index contributed by atoms with van der Waals surface area (Å²) in [6, 6.07) is 5.48. The van der Waals surface area contributed by atoms with Crippen LogP contribution >= 0.6 is 0 Å². The Kier molecular flexibility index (Phi) is 4.30. The number of rotatable bonds is 3. The maximum Gasteiger partial charge on any atom is 0.238 e. The van der Waals surface area contributed by atoms with Crippen molar-refractivity contribution in [3.05, 3.63) is 23.8 Å². The molecule has 0 unspecified atom stereocenters. The van der Waals surface area contributed by atoms with Crippen molar-refractivity contribution >= 4 is 17.3 Å². The van der Waals surface area contributed by atoms with Gasteiger partial charge in [-0.25, -0.2) is 0 Å². The lowest BCUT2D eigenvalue weighted by atomic mass is 9.94. The van der Waals surface area contributed by atoms with Gasteiger partial charge in [0.1, 0.15) is 0 Å². The summed E-state index contributed by atoms with van der Waals surface area (Å²) < 4.78 is 0. The first-order valence-corrected chi connectivity index (χ1v) is 6.96. The van der Waals surface area contributed by atoms with Crippen LogP contribution in [0.4, 0.5) is 11.4 Å². The molecule has 5 nitrogen and oxygen atoms in total. The molecule has 1 heterocycles. The summed E-state index contributed by atoms with van der Waals surface area (Å²) in [5.41, 5.74) is 7.54. The highest BCUT2D eigenvalue weighted by atomic mass is 16.3. The largest absolute Gasteiger partial charge is 0.399 e. The monoisotopic (exact) mass is 277 g/mol. The molecule has 2 rings (SSSR count). The quantitative estimate of drug-likeness (QED) is 0.729. The minimum Gasteiger partial charge on any atom is -0.399 e. The Labute approximate surface area is 119 Å². The predicted molar refractivity (Wildman–Crippen MR) is 80.5 cm³/mol. The number of piperidine rings is 1. The number of aryl methyl sites for hydroxylation is 1. The van der Waals surface area contributed by atoms with Gasteiger partial charge in [0.2, 0.25) is 5.91 Å². The topological polar surface area (TPSA) is 78.6 Å². The standard InChI is InChI=1S/C15H23N3O2/c1-11-3-4-12(16)9-13(11)17-14(19)10-18-7-5-15(2,20)6-8-18/h3-4,9,20H,5-8,10,16H2,1-2H3,(H,17,19). The fraction of sp³-hybridized carbons (Fsp3) is 0.533. The van der Waals surface area contributed by atoms with E-state index in [2.05, 4.69) is 10.2 Å². The summed E-state index contributed by atoms with van der Waals surface area (Å²) in [7, 11) is 0. The average Bonchev–Trinajstić information content (AvgIpc) is 2.36. The Balaban J connectivity index is 1.88. The highest BCUT2D eigenvalue weighted by Crippen LogP contribution is 2.21. The van der Waals surface area contributed by atoms with Crippen LogP contribution in [0.15, 0.2) is 18.2 Å². The number of nitrogen functional groups attached to an aromatic ring is 1. The molecule has 0 atom stereocenters. The third-order valence-electron chi connectivity index (χ3n) is 3.84. The first-order valence-electron chi connectivity index (χ1n) is 6.96. The fourth-order valence-corrected chi connectivity index (χ4v) is 2.36. The number of nitrogens with one attached hydrogen (secondary N) is 1. The molecule has 0 aliphatic carbocycles. The molecule has 4 N–H and O–H groups in total. The zero-order valence-corrected chi connectivity index (χ0v) is 12.1. The van der Waals surface area contributed by atoms with Crippen LogP contribution in [-0.2, 0) is 4.79 Å². The minimum atomic E-state index is -0.586. The second-order valence-electron chi connectivity index (χ2n) is 5.90. The van der Waals surface area contributed by atoms with Crippen LogP contribution in [0.2, 0.25) is 0 Å². The molecule has 0 bridgehead atoms. The van der Waals surface area contributed by atoms with Gasteiger partial charge in [0.15, 0.2) is 0 Å². The van der Waals surface area contributed by atoms with Gasteiger partial charge in [-0.05, 0) is 44.4 Å². The van der Waals surface area contributed by atoms with E-state index in [9.17, 15) is 9.90 Å². The summed E-state index contributed by atoms with van der Waals surface area (Å²) in [5, 5.41) is 12.8. The third kappa shape index (κ3) is 3.95. The smallest absolute Gasteiger partial charge is 0.238 e. The van der Waals surface area contributed by atoms with Crippen molar-refractivity contribution in [2.75, 3.05) is 30.7 Å². The van der Waals surface area contributed by atoms with Crippen molar-refractivity contribution in [1.29, 1.82) is 0 Å². The molecule has 0 radical (unpaired) electrons. The Morgan fingerprint density at radius 2 is 2.10 bits per heavy atom. The highest BCUT2D eigenvalue weighted by molar-refractivity contribution is 5.93. The second-order valence-corrected chi connectivity index (χ2v) is 5.90. The number of hydrogen-bond acceptors (Lipinski definition) is 4. The van der Waals surface area contributed by atoms with E-state index in [0.717, 1.165) is 24.3 Å². The lowest BCUT2D eigenvalue weighted by molar-refractivity contribution is -0.118. The van der Waals surface area contributed by atoms with Crippen LogP contribution < -0.4 is 11.1 Å². The number of nitrogens with zero attached hydrogens (tertiary/aromatic N) is 1. The van der Waals surface area contributed by atoms with Gasteiger partial charge < -0.3 is 16.2 Å². The van der Waals surface area contributed by atoms with Gasteiger partial charge in [0.05, 0.1) is 12.1 Å². The number of nitrogens with two attached hydrogens (primary N) is 1. The number of carbonyl (C=O) groups is 1. The molecule has 1 aromatic rings. The molecule has 0 spiro atoms. The molecule has 0 saturated carbocycles. The molecule has 5 heteroatoms. The third-order valence-corrected chi connectivity index (χ3v) is 3.84. The van der Waals surface area contributed by atoms with Crippen LogP contribution in [0, 0.1) is 6.92 Å². The zero-order chi connectivity index (χ0) is 14.8. The lowest BCUT2D eigenvalue weighted by Crippen LogP contribution is -2.45. The van der Waals surface area contributed by atoms with Crippen molar-refractivity contribution in [3.8, 4) is 0 Å². The predicted octanol–water partition coefficient (Wildman–Crippen LogP) is 1.36. The lowest BCUT2D eigenvalue weighted by Gasteiger charge is -2.35. The molecule has 110 valence electrons.